The first-order valence-electron chi connectivity index (χ1n) is 20.9. The van der Waals surface area contributed by atoms with Crippen molar-refractivity contribution in [1.82, 2.24) is 9.80 Å². The number of methoxy groups -OCH3 is 1. The maximum Gasteiger partial charge on any atom is 0.369 e. The van der Waals surface area contributed by atoms with Crippen LogP contribution < -0.4 is 24.8 Å². The average molecular weight is 1100 g/mol. The van der Waals surface area contributed by atoms with Crippen LogP contribution in [0.4, 0.5) is 20.2 Å². The van der Waals surface area contributed by atoms with Gasteiger partial charge in [-0.2, -0.15) is 0 Å². The molecule has 0 atom stereocenters. The lowest BCUT2D eigenvalue weighted by Crippen LogP contribution is -2.40. The second-order valence-electron chi connectivity index (χ2n) is 14.3. The molecule has 2 heterocycles. The van der Waals surface area contributed by atoms with E-state index in [-0.39, 0.29) is 81.2 Å². The van der Waals surface area contributed by atoms with Crippen LogP contribution in [-0.4, -0.2) is 101 Å². The Morgan fingerprint density at radius 2 is 1.02 bits per heavy atom. The first-order chi connectivity index (χ1) is 31.2. The number of ether oxygens (including phenoxy) is 5. The number of rotatable bonds is 15. The zero-order valence-electron chi connectivity index (χ0n) is 36.3. The lowest BCUT2D eigenvalue weighted by molar-refractivity contribution is -0.136. The molecule has 0 spiro atoms. The Morgan fingerprint density at radius 1 is 0.615 bits per heavy atom. The number of amides is 4. The van der Waals surface area contributed by atoms with Crippen LogP contribution in [0.3, 0.4) is 0 Å². The number of hydrogen-bond acceptors (Lipinski definition) is 10. The Bertz CT molecular complexity index is 2210. The summed E-state index contributed by atoms with van der Waals surface area (Å²) in [7, 11) is 1.53. The van der Waals surface area contributed by atoms with Crippen LogP contribution in [0.15, 0.2) is 72.8 Å². The number of morpholine rings is 2. The van der Waals surface area contributed by atoms with Crippen molar-refractivity contribution in [3.05, 3.63) is 95.6 Å². The second-order valence-corrected chi connectivity index (χ2v) is 20.8. The molecule has 0 unspecified atom stereocenters. The van der Waals surface area contributed by atoms with Crippen molar-refractivity contribution in [3.63, 3.8) is 0 Å². The molecule has 2 fully saturated rings. The molecular weight excluding hydrogens is 1050 g/mol. The van der Waals surface area contributed by atoms with Crippen molar-refractivity contribution in [2.75, 3.05) is 70.3 Å². The van der Waals surface area contributed by atoms with Gasteiger partial charge in [0.1, 0.15) is 0 Å². The monoisotopic (exact) mass is 1090 g/mol. The summed E-state index contributed by atoms with van der Waals surface area (Å²) in [6.45, 7) is 8.17. The number of carbonyl (C=O) groups excluding carboxylic acids is 4. The van der Waals surface area contributed by atoms with Crippen molar-refractivity contribution in [2.45, 2.75) is 52.4 Å². The molecule has 2 saturated heterocycles. The van der Waals surface area contributed by atoms with Crippen LogP contribution in [-0.2, 0) is 41.5 Å². The SMILES string of the molecule is BrB(Br)Br.CCc1ccc(Oc2ccc(NC(=O)CCC(=O)N3CCOCC3)cc2F)c(O)c1.CCc1ccc(Oc2ccc(NC(=O)CCC(=O)N3CCOCC3)cc2F)c(OC)c1. The molecule has 350 valence electrons. The van der Waals surface area contributed by atoms with E-state index in [1.54, 1.807) is 40.1 Å². The van der Waals surface area contributed by atoms with Crippen LogP contribution in [0, 0.1) is 11.6 Å². The second kappa shape index (κ2) is 27.7. The maximum atomic E-state index is 14.5. The van der Waals surface area contributed by atoms with E-state index in [4.69, 9.17) is 23.7 Å². The van der Waals surface area contributed by atoms with Gasteiger partial charge < -0.3 is 49.2 Å². The fourth-order valence-electron chi connectivity index (χ4n) is 6.27. The van der Waals surface area contributed by atoms with Crippen LogP contribution in [0.2, 0.25) is 0 Å². The van der Waals surface area contributed by atoms with Crippen LogP contribution in [0.25, 0.3) is 0 Å². The van der Waals surface area contributed by atoms with Gasteiger partial charge in [-0.1, -0.05) is 26.0 Å². The zero-order valence-corrected chi connectivity index (χ0v) is 41.1. The average Bonchev–Trinajstić information content (AvgIpc) is 3.30. The van der Waals surface area contributed by atoms with Gasteiger partial charge >= 0.3 is 3.18 Å². The third-order valence-corrected chi connectivity index (χ3v) is 9.80. The van der Waals surface area contributed by atoms with E-state index in [2.05, 4.69) is 57.9 Å². The maximum absolute atomic E-state index is 14.5. The Hall–Kier alpha value is -4.76. The molecular formula is C45H52BBr3F2N4O10. The quantitative estimate of drug-likeness (QED) is 0.0978. The Balaban J connectivity index is 0.000000263. The van der Waals surface area contributed by atoms with Gasteiger partial charge in [-0.3, -0.25) is 19.2 Å². The van der Waals surface area contributed by atoms with E-state index < -0.39 is 11.6 Å². The van der Waals surface area contributed by atoms with Gasteiger partial charge in [-0.05, 0) is 72.5 Å². The normalized spacial score (nSPS) is 13.2. The first kappa shape index (κ1) is 52.9. The summed E-state index contributed by atoms with van der Waals surface area (Å²) in [6.07, 6.45) is 1.82. The molecule has 0 aromatic heterocycles. The van der Waals surface area contributed by atoms with Crippen LogP contribution >= 0.6 is 47.3 Å². The fraction of sp³-hybridized carbons (Fsp3) is 0.378. The molecule has 4 amide bonds. The number of aromatic hydroxyl groups is 1. The molecule has 6 rings (SSSR count). The van der Waals surface area contributed by atoms with E-state index in [1.807, 2.05) is 26.0 Å². The molecule has 65 heavy (non-hydrogen) atoms. The van der Waals surface area contributed by atoms with E-state index in [9.17, 15) is 33.1 Å². The van der Waals surface area contributed by atoms with Gasteiger partial charge in [0.05, 0.1) is 33.5 Å². The standard InChI is InChI=1S/C23H27FN2O5.C22H25FN2O5.BBr3/c1-3-16-4-6-20(21(14-16)29-2)31-19-7-5-17(15-18(19)24)25-22(27)8-9-23(28)26-10-12-30-13-11-26;1-2-15-3-5-20(18(26)13-15)30-19-6-4-16(14-17(19)23)24-21(27)7-8-22(28)25-9-11-29-12-10-25;2-1(3)4/h4-7,14-15H,3,8-13H2,1-2H3,(H,25,27);3-6,13-14,26H,2,7-12H2,1H3,(H,24,27);. The van der Waals surface area contributed by atoms with E-state index in [0.717, 1.165) is 30.0 Å². The summed E-state index contributed by atoms with van der Waals surface area (Å²) >= 11 is 9.31. The number of phenolic OH excluding ortho intramolecular Hbond substituents is 1. The van der Waals surface area contributed by atoms with E-state index >= 15 is 0 Å². The minimum atomic E-state index is -0.684. The molecule has 14 nitrogen and oxygen atoms in total. The number of nitrogens with zero attached hydrogens (tertiary/aromatic N) is 2. The molecule has 20 heteroatoms. The van der Waals surface area contributed by atoms with Crippen molar-refractivity contribution >= 4 is 85.5 Å². The molecule has 2 aliphatic heterocycles. The lowest BCUT2D eigenvalue weighted by Gasteiger charge is -2.26. The summed E-state index contributed by atoms with van der Waals surface area (Å²) in [5, 5.41) is 15.2. The van der Waals surface area contributed by atoms with Gasteiger partial charge in [0, 0.05) is 75.4 Å². The summed E-state index contributed by atoms with van der Waals surface area (Å²) < 4.78 is 56.0. The fourth-order valence-corrected chi connectivity index (χ4v) is 6.27. The third kappa shape index (κ3) is 18.2. The zero-order chi connectivity index (χ0) is 47.3. The van der Waals surface area contributed by atoms with Gasteiger partial charge in [-0.25, -0.2) is 8.78 Å². The van der Waals surface area contributed by atoms with Gasteiger partial charge in [0.25, 0.3) is 0 Å². The highest BCUT2D eigenvalue weighted by Gasteiger charge is 2.20. The molecule has 4 aromatic rings. The molecule has 2 aliphatic rings. The van der Waals surface area contributed by atoms with Crippen molar-refractivity contribution in [3.8, 4) is 34.5 Å². The first-order valence-corrected chi connectivity index (χ1v) is 23.6. The van der Waals surface area contributed by atoms with Crippen LogP contribution in [0.1, 0.15) is 50.7 Å². The number of anilines is 2. The third-order valence-electron chi connectivity index (χ3n) is 9.80. The summed E-state index contributed by atoms with van der Waals surface area (Å²) in [4.78, 5) is 51.8. The molecule has 0 aliphatic carbocycles. The molecule has 4 aromatic carbocycles. The van der Waals surface area contributed by atoms with Crippen molar-refractivity contribution in [2.24, 2.45) is 0 Å². The summed E-state index contributed by atoms with van der Waals surface area (Å²) in [5.74, 6) is -1.30. The van der Waals surface area contributed by atoms with Crippen LogP contribution in [0.5, 0.6) is 34.5 Å². The predicted molar refractivity (Wildman–Crippen MR) is 256 cm³/mol. The topological polar surface area (TPSA) is 165 Å². The number of halogens is 5. The molecule has 0 bridgehead atoms. The smallest absolute Gasteiger partial charge is 0.369 e. The predicted octanol–water partition coefficient (Wildman–Crippen LogP) is 9.39. The van der Waals surface area contributed by atoms with Crippen molar-refractivity contribution < 1.29 is 56.7 Å². The number of nitrogens with one attached hydrogen (secondary N) is 2. The minimum Gasteiger partial charge on any atom is -0.504 e. The Morgan fingerprint density at radius 3 is 1.42 bits per heavy atom. The number of hydrogen-bond donors (Lipinski definition) is 3. The highest BCUT2D eigenvalue weighted by atomic mass is 79.9. The lowest BCUT2D eigenvalue weighted by atomic mass is 10.1. The Labute approximate surface area is 402 Å². The molecule has 0 radical (unpaired) electrons. The highest BCUT2D eigenvalue weighted by molar-refractivity contribution is 9.69. The highest BCUT2D eigenvalue weighted by Crippen LogP contribution is 2.35. The largest absolute Gasteiger partial charge is 0.504 e. The molecule has 0 saturated carbocycles. The van der Waals surface area contributed by atoms with Gasteiger partial charge in [0.2, 0.25) is 23.6 Å². The van der Waals surface area contributed by atoms with Crippen molar-refractivity contribution in [1.29, 1.82) is 0 Å². The number of aryl methyl sites for hydroxylation is 2. The minimum absolute atomic E-state index is 0.00765. The number of carbonyl (C=O) groups is 4. The number of phenols is 1. The Kier molecular flexibility index (Phi) is 22.5. The van der Waals surface area contributed by atoms with E-state index in [1.165, 1.54) is 31.4 Å². The summed E-state index contributed by atoms with van der Waals surface area (Å²) in [5.41, 5.74) is 2.57. The van der Waals surface area contributed by atoms with Gasteiger partial charge in [-0.15, -0.1) is 47.3 Å². The van der Waals surface area contributed by atoms with Gasteiger partial charge in [0.15, 0.2) is 46.1 Å². The summed E-state index contributed by atoms with van der Waals surface area (Å²) in [6, 6.07) is 18.6. The number of benzene rings is 4. The molecule has 3 N–H and O–H groups in total. The van der Waals surface area contributed by atoms with E-state index in [0.29, 0.717) is 69.8 Å².